The third kappa shape index (κ3) is 1.86. The molecule has 1 aromatic rings. The van der Waals surface area contributed by atoms with Gasteiger partial charge in [-0.3, -0.25) is 0 Å². The molecule has 0 spiro atoms. The van der Waals surface area contributed by atoms with E-state index in [0.29, 0.717) is 13.2 Å². The fraction of sp³-hybridized carbons (Fsp3) is 0.333. The van der Waals surface area contributed by atoms with Crippen molar-refractivity contribution in [3.8, 4) is 0 Å². The van der Waals surface area contributed by atoms with Crippen LogP contribution in [0.5, 0.6) is 0 Å². The topological polar surface area (TPSA) is 35.2 Å². The van der Waals surface area contributed by atoms with Gasteiger partial charge in [-0.25, -0.2) is 4.39 Å². The SMILES string of the molecule is Cl.NC1(c2ccc(F)c(Cl)c2)COC1. The first-order valence-corrected chi connectivity index (χ1v) is 4.32. The third-order valence-electron chi connectivity index (χ3n) is 2.21. The molecule has 0 bridgehead atoms. The van der Waals surface area contributed by atoms with Crippen LogP contribution in [0.1, 0.15) is 5.56 Å². The number of halogens is 3. The van der Waals surface area contributed by atoms with Gasteiger partial charge in [-0.1, -0.05) is 17.7 Å². The molecule has 0 radical (unpaired) electrons. The molecule has 0 amide bonds. The van der Waals surface area contributed by atoms with Crippen LogP contribution in [0.2, 0.25) is 5.02 Å². The first-order valence-electron chi connectivity index (χ1n) is 3.94. The van der Waals surface area contributed by atoms with Crippen LogP contribution < -0.4 is 5.73 Å². The van der Waals surface area contributed by atoms with Crippen molar-refractivity contribution in [2.45, 2.75) is 5.54 Å². The Morgan fingerprint density at radius 3 is 2.50 bits per heavy atom. The van der Waals surface area contributed by atoms with Crippen LogP contribution in [-0.2, 0) is 10.3 Å². The van der Waals surface area contributed by atoms with Gasteiger partial charge in [0.15, 0.2) is 0 Å². The molecular weight excluding hydrogens is 228 g/mol. The smallest absolute Gasteiger partial charge is 0.141 e. The lowest BCUT2D eigenvalue weighted by Gasteiger charge is -2.38. The van der Waals surface area contributed by atoms with Gasteiger partial charge in [0, 0.05) is 0 Å². The van der Waals surface area contributed by atoms with Gasteiger partial charge in [0.25, 0.3) is 0 Å². The standard InChI is InChI=1S/C9H9ClFNO.ClH/c10-7-3-6(1-2-8(7)11)9(12)4-13-5-9;/h1-3H,4-5,12H2;1H. The summed E-state index contributed by atoms with van der Waals surface area (Å²) in [4.78, 5) is 0. The minimum Gasteiger partial charge on any atom is -0.377 e. The van der Waals surface area contributed by atoms with E-state index >= 15 is 0 Å². The molecule has 1 saturated heterocycles. The normalized spacial score (nSPS) is 18.2. The zero-order valence-electron chi connectivity index (χ0n) is 7.30. The summed E-state index contributed by atoms with van der Waals surface area (Å²) in [6.07, 6.45) is 0. The highest BCUT2D eigenvalue weighted by Crippen LogP contribution is 2.29. The Kier molecular flexibility index (Phi) is 3.37. The second-order valence-corrected chi connectivity index (χ2v) is 3.69. The molecule has 0 aliphatic carbocycles. The lowest BCUT2D eigenvalue weighted by atomic mass is 9.89. The van der Waals surface area contributed by atoms with Crippen molar-refractivity contribution >= 4 is 24.0 Å². The third-order valence-corrected chi connectivity index (χ3v) is 2.50. The van der Waals surface area contributed by atoms with E-state index in [9.17, 15) is 4.39 Å². The minimum atomic E-state index is -0.475. The summed E-state index contributed by atoms with van der Waals surface area (Å²) in [5.41, 5.74) is 6.29. The molecule has 1 aromatic carbocycles. The maximum Gasteiger partial charge on any atom is 0.141 e. The number of benzene rings is 1. The second-order valence-electron chi connectivity index (χ2n) is 3.28. The monoisotopic (exact) mass is 237 g/mol. The Morgan fingerprint density at radius 1 is 1.43 bits per heavy atom. The minimum absolute atomic E-state index is 0. The Bertz CT molecular complexity index is 342. The highest BCUT2D eigenvalue weighted by molar-refractivity contribution is 6.30. The number of hydrogen-bond acceptors (Lipinski definition) is 2. The predicted octanol–water partition coefficient (Wildman–Crippen LogP) is 2.09. The van der Waals surface area contributed by atoms with E-state index in [1.54, 1.807) is 12.1 Å². The molecule has 0 unspecified atom stereocenters. The van der Waals surface area contributed by atoms with E-state index in [4.69, 9.17) is 22.1 Å². The van der Waals surface area contributed by atoms with Crippen molar-refractivity contribution < 1.29 is 9.13 Å². The predicted molar refractivity (Wildman–Crippen MR) is 55.3 cm³/mol. The van der Waals surface area contributed by atoms with Crippen molar-refractivity contribution in [3.63, 3.8) is 0 Å². The fourth-order valence-electron chi connectivity index (χ4n) is 1.29. The lowest BCUT2D eigenvalue weighted by Crippen LogP contribution is -2.54. The average molecular weight is 238 g/mol. The summed E-state index contributed by atoms with van der Waals surface area (Å²) in [6.45, 7) is 0.934. The van der Waals surface area contributed by atoms with E-state index < -0.39 is 11.4 Å². The summed E-state index contributed by atoms with van der Waals surface area (Å²) in [5, 5.41) is 0.106. The molecule has 0 atom stereocenters. The van der Waals surface area contributed by atoms with Crippen LogP contribution in [0, 0.1) is 5.82 Å². The van der Waals surface area contributed by atoms with Crippen molar-refractivity contribution in [2.24, 2.45) is 5.73 Å². The quantitative estimate of drug-likeness (QED) is 0.812. The summed E-state index contributed by atoms with van der Waals surface area (Å²) < 4.78 is 17.8. The van der Waals surface area contributed by atoms with Gasteiger partial charge in [-0.15, -0.1) is 12.4 Å². The molecule has 0 aromatic heterocycles. The molecule has 1 aliphatic rings. The highest BCUT2D eigenvalue weighted by Gasteiger charge is 2.36. The Hall–Kier alpha value is -0.350. The molecule has 2 rings (SSSR count). The van der Waals surface area contributed by atoms with Crippen LogP contribution in [0.25, 0.3) is 0 Å². The molecule has 0 saturated carbocycles. The Balaban J connectivity index is 0.000000980. The van der Waals surface area contributed by atoms with Gasteiger partial charge in [-0.2, -0.15) is 0 Å². The van der Waals surface area contributed by atoms with E-state index in [0.717, 1.165) is 5.56 Å². The molecule has 14 heavy (non-hydrogen) atoms. The van der Waals surface area contributed by atoms with E-state index in [-0.39, 0.29) is 17.4 Å². The van der Waals surface area contributed by atoms with Crippen molar-refractivity contribution in [1.29, 1.82) is 0 Å². The molecule has 5 heteroatoms. The van der Waals surface area contributed by atoms with Gasteiger partial charge in [-0.05, 0) is 17.7 Å². The van der Waals surface area contributed by atoms with Crippen LogP contribution in [0.3, 0.4) is 0 Å². The van der Waals surface area contributed by atoms with Gasteiger partial charge in [0.1, 0.15) is 5.82 Å². The van der Waals surface area contributed by atoms with Crippen molar-refractivity contribution in [2.75, 3.05) is 13.2 Å². The molecular formula is C9H10Cl2FNO. The first-order chi connectivity index (χ1) is 6.12. The summed E-state index contributed by atoms with van der Waals surface area (Å²) in [7, 11) is 0. The lowest BCUT2D eigenvalue weighted by molar-refractivity contribution is -0.0569. The van der Waals surface area contributed by atoms with E-state index in [2.05, 4.69) is 0 Å². The maximum atomic E-state index is 12.8. The van der Waals surface area contributed by atoms with Gasteiger partial charge in [0.2, 0.25) is 0 Å². The molecule has 1 aliphatic heterocycles. The molecule has 78 valence electrons. The average Bonchev–Trinajstić information content (AvgIpc) is 2.06. The number of nitrogens with two attached hydrogens (primary N) is 1. The Labute approximate surface area is 92.6 Å². The van der Waals surface area contributed by atoms with Crippen molar-refractivity contribution in [1.82, 2.24) is 0 Å². The van der Waals surface area contributed by atoms with Gasteiger partial charge >= 0.3 is 0 Å². The Morgan fingerprint density at radius 2 is 2.07 bits per heavy atom. The zero-order chi connectivity index (χ0) is 9.47. The van der Waals surface area contributed by atoms with Crippen LogP contribution in [-0.4, -0.2) is 13.2 Å². The number of rotatable bonds is 1. The van der Waals surface area contributed by atoms with Gasteiger partial charge in [0.05, 0.1) is 23.8 Å². The van der Waals surface area contributed by atoms with Crippen LogP contribution in [0.15, 0.2) is 18.2 Å². The number of hydrogen-bond donors (Lipinski definition) is 1. The summed E-state index contributed by atoms with van der Waals surface area (Å²) >= 11 is 5.63. The zero-order valence-corrected chi connectivity index (χ0v) is 8.87. The number of ether oxygens (including phenoxy) is 1. The summed E-state index contributed by atoms with van der Waals surface area (Å²) in [5.74, 6) is -0.422. The van der Waals surface area contributed by atoms with E-state index in [1.165, 1.54) is 6.07 Å². The molecule has 2 N–H and O–H groups in total. The summed E-state index contributed by atoms with van der Waals surface area (Å²) in [6, 6.07) is 4.52. The molecule has 1 heterocycles. The van der Waals surface area contributed by atoms with Crippen molar-refractivity contribution in [3.05, 3.63) is 34.6 Å². The van der Waals surface area contributed by atoms with E-state index in [1.807, 2.05) is 0 Å². The second kappa shape index (κ2) is 4.03. The van der Waals surface area contributed by atoms with Crippen LogP contribution in [0.4, 0.5) is 4.39 Å². The largest absolute Gasteiger partial charge is 0.377 e. The maximum absolute atomic E-state index is 12.8. The van der Waals surface area contributed by atoms with Crippen LogP contribution >= 0.6 is 24.0 Å². The first kappa shape index (κ1) is 11.7. The van der Waals surface area contributed by atoms with Gasteiger partial charge < -0.3 is 10.5 Å². The molecule has 2 nitrogen and oxygen atoms in total. The molecule has 1 fully saturated rings. The highest BCUT2D eigenvalue weighted by atomic mass is 35.5. The fourth-order valence-corrected chi connectivity index (χ4v) is 1.48.